The number of carbonyl (C=O) groups is 1. The second kappa shape index (κ2) is 2.38. The Kier molecular flexibility index (Phi) is 1.38. The van der Waals surface area contributed by atoms with E-state index in [0.29, 0.717) is 19.4 Å². The first-order valence-electron chi connectivity index (χ1n) is 3.54. The van der Waals surface area contributed by atoms with E-state index < -0.39 is 0 Å². The summed E-state index contributed by atoms with van der Waals surface area (Å²) in [6, 6.07) is 0. The van der Waals surface area contributed by atoms with Gasteiger partial charge in [-0.15, -0.1) is 0 Å². The smallest absolute Gasteiger partial charge is 0.220 e. The Balaban J connectivity index is 2.27. The molecule has 1 aromatic heterocycles. The summed E-state index contributed by atoms with van der Waals surface area (Å²) in [7, 11) is 0. The Morgan fingerprint density at radius 1 is 1.55 bits per heavy atom. The normalized spacial score (nSPS) is 16.9. The number of nitrogens with one attached hydrogen (secondary N) is 1. The molecule has 0 radical (unpaired) electrons. The summed E-state index contributed by atoms with van der Waals surface area (Å²) in [4.78, 5) is 14.9. The summed E-state index contributed by atoms with van der Waals surface area (Å²) in [6.07, 6.45) is 2.62. The van der Waals surface area contributed by atoms with Gasteiger partial charge < -0.3 is 9.73 Å². The van der Waals surface area contributed by atoms with E-state index in [4.69, 9.17) is 4.42 Å². The standard InChI is InChI=1S/C7H8N2O2/c10-7-2-1-5-6(3-8-7)11-4-9-5/h4H,1-3H2,(H,8,10). The number of hydrogen-bond acceptors (Lipinski definition) is 3. The first kappa shape index (κ1) is 6.39. The molecule has 0 spiro atoms. The third kappa shape index (κ3) is 1.11. The number of carbonyl (C=O) groups excluding carboxylic acids is 1. The average Bonchev–Trinajstić information content (AvgIpc) is 2.38. The van der Waals surface area contributed by atoms with Crippen LogP contribution < -0.4 is 5.32 Å². The highest BCUT2D eigenvalue weighted by Gasteiger charge is 2.15. The molecule has 0 aliphatic carbocycles. The molecule has 0 saturated carbocycles. The van der Waals surface area contributed by atoms with Crippen LogP contribution >= 0.6 is 0 Å². The fourth-order valence-electron chi connectivity index (χ4n) is 1.14. The van der Waals surface area contributed by atoms with Gasteiger partial charge in [0.25, 0.3) is 0 Å². The number of hydrogen-bond donors (Lipinski definition) is 1. The van der Waals surface area contributed by atoms with Gasteiger partial charge in [0.15, 0.2) is 6.39 Å². The molecule has 1 amide bonds. The minimum atomic E-state index is 0.0678. The van der Waals surface area contributed by atoms with E-state index in [2.05, 4.69) is 10.3 Å². The molecule has 4 nitrogen and oxygen atoms in total. The van der Waals surface area contributed by atoms with Gasteiger partial charge in [0.2, 0.25) is 5.91 Å². The van der Waals surface area contributed by atoms with Gasteiger partial charge in [-0.25, -0.2) is 4.98 Å². The highest BCUT2D eigenvalue weighted by Crippen LogP contribution is 2.11. The van der Waals surface area contributed by atoms with Crippen molar-refractivity contribution in [3.8, 4) is 0 Å². The van der Waals surface area contributed by atoms with Crippen LogP contribution in [0.25, 0.3) is 0 Å². The van der Waals surface area contributed by atoms with E-state index in [1.165, 1.54) is 6.39 Å². The molecule has 0 aromatic carbocycles. The highest BCUT2D eigenvalue weighted by atomic mass is 16.3. The number of amides is 1. The molecule has 0 bridgehead atoms. The lowest BCUT2D eigenvalue weighted by atomic mass is 10.2. The summed E-state index contributed by atoms with van der Waals surface area (Å²) in [6.45, 7) is 0.480. The summed E-state index contributed by atoms with van der Waals surface area (Å²) in [5.41, 5.74) is 0.906. The molecule has 1 aliphatic rings. The Bertz CT molecular complexity index is 255. The zero-order valence-corrected chi connectivity index (χ0v) is 5.96. The minimum Gasteiger partial charge on any atom is -0.446 e. The number of aromatic nitrogens is 1. The first-order chi connectivity index (χ1) is 5.36. The van der Waals surface area contributed by atoms with E-state index in [0.717, 1.165) is 11.5 Å². The molecular weight excluding hydrogens is 144 g/mol. The second-order valence-corrected chi connectivity index (χ2v) is 2.50. The summed E-state index contributed by atoms with van der Waals surface area (Å²) in [5, 5.41) is 2.71. The molecule has 0 saturated heterocycles. The molecule has 1 N–H and O–H groups in total. The largest absolute Gasteiger partial charge is 0.446 e. The number of fused-ring (bicyclic) bond motifs is 1. The number of aryl methyl sites for hydroxylation is 1. The number of rotatable bonds is 0. The summed E-state index contributed by atoms with van der Waals surface area (Å²) >= 11 is 0. The van der Waals surface area contributed by atoms with Crippen molar-refractivity contribution in [2.24, 2.45) is 0 Å². The Morgan fingerprint density at radius 3 is 3.36 bits per heavy atom. The van der Waals surface area contributed by atoms with Crippen LogP contribution in [-0.2, 0) is 17.8 Å². The maximum atomic E-state index is 10.9. The molecule has 0 unspecified atom stereocenters. The van der Waals surface area contributed by atoms with Crippen LogP contribution in [0.1, 0.15) is 17.9 Å². The van der Waals surface area contributed by atoms with Gasteiger partial charge in [-0.1, -0.05) is 0 Å². The number of oxazole rings is 1. The van der Waals surface area contributed by atoms with Crippen molar-refractivity contribution in [1.82, 2.24) is 10.3 Å². The van der Waals surface area contributed by atoms with Crippen LogP contribution in [-0.4, -0.2) is 10.9 Å². The zero-order chi connectivity index (χ0) is 7.68. The van der Waals surface area contributed by atoms with Gasteiger partial charge in [-0.2, -0.15) is 0 Å². The predicted molar refractivity (Wildman–Crippen MR) is 36.7 cm³/mol. The van der Waals surface area contributed by atoms with Crippen molar-refractivity contribution in [2.45, 2.75) is 19.4 Å². The molecule has 1 aliphatic heterocycles. The second-order valence-electron chi connectivity index (χ2n) is 2.50. The van der Waals surface area contributed by atoms with E-state index in [1.807, 2.05) is 0 Å². The van der Waals surface area contributed by atoms with Gasteiger partial charge in [0, 0.05) is 12.8 Å². The van der Waals surface area contributed by atoms with E-state index in [1.54, 1.807) is 0 Å². The third-order valence-electron chi connectivity index (χ3n) is 1.76. The topological polar surface area (TPSA) is 55.1 Å². The van der Waals surface area contributed by atoms with Gasteiger partial charge >= 0.3 is 0 Å². The lowest BCUT2D eigenvalue weighted by Gasteiger charge is -1.94. The van der Waals surface area contributed by atoms with Crippen molar-refractivity contribution < 1.29 is 9.21 Å². The first-order valence-corrected chi connectivity index (χ1v) is 3.54. The molecule has 2 heterocycles. The van der Waals surface area contributed by atoms with Crippen LogP contribution in [0.15, 0.2) is 10.8 Å². The molecule has 2 rings (SSSR count). The van der Waals surface area contributed by atoms with Crippen LogP contribution in [0.2, 0.25) is 0 Å². The molecule has 1 aromatic rings. The fourth-order valence-corrected chi connectivity index (χ4v) is 1.14. The van der Waals surface area contributed by atoms with Crippen LogP contribution in [0.5, 0.6) is 0 Å². The van der Waals surface area contributed by atoms with E-state index >= 15 is 0 Å². The van der Waals surface area contributed by atoms with Crippen molar-refractivity contribution >= 4 is 5.91 Å². The lowest BCUT2D eigenvalue weighted by molar-refractivity contribution is -0.121. The lowest BCUT2D eigenvalue weighted by Crippen LogP contribution is -2.19. The molecule has 0 atom stereocenters. The Hall–Kier alpha value is -1.32. The van der Waals surface area contributed by atoms with Crippen LogP contribution in [0, 0.1) is 0 Å². The van der Waals surface area contributed by atoms with E-state index in [9.17, 15) is 4.79 Å². The fraction of sp³-hybridized carbons (Fsp3) is 0.429. The quantitative estimate of drug-likeness (QED) is 0.579. The molecule has 4 heteroatoms. The molecule has 11 heavy (non-hydrogen) atoms. The van der Waals surface area contributed by atoms with Crippen molar-refractivity contribution in [1.29, 1.82) is 0 Å². The maximum absolute atomic E-state index is 10.9. The number of nitrogens with zero attached hydrogens (tertiary/aromatic N) is 1. The zero-order valence-electron chi connectivity index (χ0n) is 5.96. The van der Waals surface area contributed by atoms with Crippen molar-refractivity contribution in [3.05, 3.63) is 17.8 Å². The summed E-state index contributed by atoms with van der Waals surface area (Å²) < 4.78 is 5.06. The Labute approximate surface area is 63.6 Å². The third-order valence-corrected chi connectivity index (χ3v) is 1.76. The van der Waals surface area contributed by atoms with Crippen LogP contribution in [0.3, 0.4) is 0 Å². The SMILES string of the molecule is O=C1CCc2ncoc2CN1. The van der Waals surface area contributed by atoms with Gasteiger partial charge in [0.05, 0.1) is 12.2 Å². The average molecular weight is 152 g/mol. The maximum Gasteiger partial charge on any atom is 0.220 e. The molecular formula is C7H8N2O2. The van der Waals surface area contributed by atoms with Gasteiger partial charge in [0.1, 0.15) is 5.76 Å². The van der Waals surface area contributed by atoms with Crippen molar-refractivity contribution in [3.63, 3.8) is 0 Å². The summed E-state index contributed by atoms with van der Waals surface area (Å²) in [5.74, 6) is 0.856. The van der Waals surface area contributed by atoms with E-state index in [-0.39, 0.29) is 5.91 Å². The minimum absolute atomic E-state index is 0.0678. The molecule has 58 valence electrons. The monoisotopic (exact) mass is 152 g/mol. The van der Waals surface area contributed by atoms with Gasteiger partial charge in [-0.05, 0) is 0 Å². The van der Waals surface area contributed by atoms with Crippen LogP contribution in [0.4, 0.5) is 0 Å². The Morgan fingerprint density at radius 2 is 2.45 bits per heavy atom. The predicted octanol–water partition coefficient (Wildman–Crippen LogP) is 0.237. The van der Waals surface area contributed by atoms with Gasteiger partial charge in [-0.3, -0.25) is 4.79 Å². The molecule has 0 fully saturated rings. The van der Waals surface area contributed by atoms with Crippen molar-refractivity contribution in [2.75, 3.05) is 0 Å². The highest BCUT2D eigenvalue weighted by molar-refractivity contribution is 5.76.